The highest BCUT2D eigenvalue weighted by atomic mass is 32.2. The number of rotatable bonds is 3. The zero-order valence-electron chi connectivity index (χ0n) is 10.5. The van der Waals surface area contributed by atoms with Crippen molar-refractivity contribution in [1.82, 2.24) is 0 Å². The van der Waals surface area contributed by atoms with Crippen LogP contribution in [0.3, 0.4) is 0 Å². The standard InChI is InChI=1S/C15H12F2OS/c1-9-7-8-11(14(17)13(9)16)15(18)10-5-3-4-6-12(10)19-2/h3-8H,1-2H3. The summed E-state index contributed by atoms with van der Waals surface area (Å²) in [6.45, 7) is 1.46. The molecule has 0 amide bonds. The quantitative estimate of drug-likeness (QED) is 0.617. The van der Waals surface area contributed by atoms with Gasteiger partial charge in [-0.15, -0.1) is 11.8 Å². The Hall–Kier alpha value is -1.68. The van der Waals surface area contributed by atoms with Gasteiger partial charge in [-0.05, 0) is 36.9 Å². The molecule has 0 N–H and O–H groups in total. The average Bonchev–Trinajstić information content (AvgIpc) is 2.44. The largest absolute Gasteiger partial charge is 0.288 e. The molecule has 4 heteroatoms. The van der Waals surface area contributed by atoms with Crippen LogP contribution in [-0.4, -0.2) is 12.0 Å². The zero-order chi connectivity index (χ0) is 14.0. The first-order valence-electron chi connectivity index (χ1n) is 5.68. The summed E-state index contributed by atoms with van der Waals surface area (Å²) in [7, 11) is 0. The second kappa shape index (κ2) is 5.53. The molecule has 0 fully saturated rings. The minimum absolute atomic E-state index is 0.187. The number of ketones is 1. The van der Waals surface area contributed by atoms with E-state index in [9.17, 15) is 13.6 Å². The number of aryl methyl sites for hydroxylation is 1. The van der Waals surface area contributed by atoms with Gasteiger partial charge in [0, 0.05) is 10.5 Å². The fourth-order valence-corrected chi connectivity index (χ4v) is 2.39. The summed E-state index contributed by atoms with van der Waals surface area (Å²) in [5, 5.41) is 0. The number of benzene rings is 2. The van der Waals surface area contributed by atoms with Crippen molar-refractivity contribution in [2.75, 3.05) is 6.26 Å². The van der Waals surface area contributed by atoms with Gasteiger partial charge < -0.3 is 0 Å². The molecule has 0 radical (unpaired) electrons. The molecule has 0 unspecified atom stereocenters. The molecule has 0 atom stereocenters. The van der Waals surface area contributed by atoms with Crippen LogP contribution in [0, 0.1) is 18.6 Å². The van der Waals surface area contributed by atoms with Crippen molar-refractivity contribution in [2.45, 2.75) is 11.8 Å². The lowest BCUT2D eigenvalue weighted by Gasteiger charge is -2.08. The average molecular weight is 278 g/mol. The van der Waals surface area contributed by atoms with Crippen LogP contribution in [-0.2, 0) is 0 Å². The molecule has 0 heterocycles. The van der Waals surface area contributed by atoms with Gasteiger partial charge in [0.05, 0.1) is 5.56 Å². The molecule has 0 aliphatic carbocycles. The van der Waals surface area contributed by atoms with Crippen molar-refractivity contribution in [3.05, 3.63) is 64.7 Å². The normalized spacial score (nSPS) is 10.5. The molecule has 19 heavy (non-hydrogen) atoms. The van der Waals surface area contributed by atoms with Crippen LogP contribution in [0.25, 0.3) is 0 Å². The van der Waals surface area contributed by atoms with Gasteiger partial charge in [-0.1, -0.05) is 18.2 Å². The summed E-state index contributed by atoms with van der Waals surface area (Å²) in [6.07, 6.45) is 1.83. The van der Waals surface area contributed by atoms with Gasteiger partial charge in [-0.3, -0.25) is 4.79 Å². The van der Waals surface area contributed by atoms with E-state index in [4.69, 9.17) is 0 Å². The van der Waals surface area contributed by atoms with E-state index in [0.717, 1.165) is 4.90 Å². The van der Waals surface area contributed by atoms with Gasteiger partial charge in [0.25, 0.3) is 0 Å². The van der Waals surface area contributed by atoms with E-state index in [1.54, 1.807) is 24.3 Å². The predicted molar refractivity (Wildman–Crippen MR) is 72.8 cm³/mol. The van der Waals surface area contributed by atoms with E-state index in [1.807, 2.05) is 6.26 Å². The van der Waals surface area contributed by atoms with E-state index in [-0.39, 0.29) is 11.1 Å². The van der Waals surface area contributed by atoms with Crippen LogP contribution in [0.1, 0.15) is 21.5 Å². The van der Waals surface area contributed by atoms with Gasteiger partial charge in [0.1, 0.15) is 0 Å². The highest BCUT2D eigenvalue weighted by Crippen LogP contribution is 2.25. The van der Waals surface area contributed by atoms with Crippen LogP contribution < -0.4 is 0 Å². The fraction of sp³-hybridized carbons (Fsp3) is 0.133. The first-order valence-corrected chi connectivity index (χ1v) is 6.91. The summed E-state index contributed by atoms with van der Waals surface area (Å²) in [5.74, 6) is -2.55. The van der Waals surface area contributed by atoms with Crippen LogP contribution in [0.4, 0.5) is 8.78 Å². The third-order valence-electron chi connectivity index (χ3n) is 2.87. The lowest BCUT2D eigenvalue weighted by atomic mass is 10.0. The highest BCUT2D eigenvalue weighted by molar-refractivity contribution is 7.98. The molecule has 1 nitrogen and oxygen atoms in total. The molecular formula is C15H12F2OS. The fourth-order valence-electron chi connectivity index (χ4n) is 1.80. The number of hydrogen-bond donors (Lipinski definition) is 0. The minimum atomic E-state index is -1.08. The molecule has 0 aliphatic rings. The molecule has 2 rings (SSSR count). The van der Waals surface area contributed by atoms with E-state index in [0.29, 0.717) is 5.56 Å². The van der Waals surface area contributed by atoms with Crippen molar-refractivity contribution in [3.63, 3.8) is 0 Å². The van der Waals surface area contributed by atoms with Crippen molar-refractivity contribution >= 4 is 17.5 Å². The molecule has 0 saturated carbocycles. The van der Waals surface area contributed by atoms with Crippen molar-refractivity contribution in [3.8, 4) is 0 Å². The summed E-state index contributed by atoms with van der Waals surface area (Å²) in [5.41, 5.74) is 0.342. The third kappa shape index (κ3) is 2.54. The maximum Gasteiger partial charge on any atom is 0.197 e. The number of hydrogen-bond acceptors (Lipinski definition) is 2. The van der Waals surface area contributed by atoms with E-state index in [2.05, 4.69) is 0 Å². The lowest BCUT2D eigenvalue weighted by Crippen LogP contribution is -2.08. The van der Waals surface area contributed by atoms with Gasteiger partial charge >= 0.3 is 0 Å². The summed E-state index contributed by atoms with van der Waals surface area (Å²) >= 11 is 1.39. The first kappa shape index (κ1) is 13.7. The number of carbonyl (C=O) groups excluding carboxylic acids is 1. The highest BCUT2D eigenvalue weighted by Gasteiger charge is 2.20. The Labute approximate surface area is 114 Å². The van der Waals surface area contributed by atoms with Crippen LogP contribution in [0.15, 0.2) is 41.3 Å². The summed E-state index contributed by atoms with van der Waals surface area (Å²) < 4.78 is 27.3. The molecule has 98 valence electrons. The van der Waals surface area contributed by atoms with Crippen LogP contribution in [0.5, 0.6) is 0 Å². The van der Waals surface area contributed by atoms with E-state index >= 15 is 0 Å². The lowest BCUT2D eigenvalue weighted by molar-refractivity contribution is 0.103. The molecule has 2 aromatic rings. The molecule has 2 aromatic carbocycles. The van der Waals surface area contributed by atoms with Crippen molar-refractivity contribution < 1.29 is 13.6 Å². The van der Waals surface area contributed by atoms with Gasteiger partial charge in [-0.2, -0.15) is 0 Å². The second-order valence-corrected chi connectivity index (χ2v) is 4.94. The second-order valence-electron chi connectivity index (χ2n) is 4.09. The maximum atomic E-state index is 13.8. The molecule has 0 aliphatic heterocycles. The Kier molecular flexibility index (Phi) is 4.00. The molecule has 0 spiro atoms. The van der Waals surface area contributed by atoms with Gasteiger partial charge in [-0.25, -0.2) is 8.78 Å². The Morgan fingerprint density at radius 1 is 1.00 bits per heavy atom. The molecule has 0 saturated heterocycles. The Morgan fingerprint density at radius 3 is 2.37 bits per heavy atom. The van der Waals surface area contributed by atoms with Crippen molar-refractivity contribution in [2.24, 2.45) is 0 Å². The van der Waals surface area contributed by atoms with Gasteiger partial charge in [0.15, 0.2) is 17.4 Å². The molecular weight excluding hydrogens is 266 g/mol. The van der Waals surface area contributed by atoms with Crippen molar-refractivity contribution in [1.29, 1.82) is 0 Å². The first-order chi connectivity index (χ1) is 9.06. The van der Waals surface area contributed by atoms with E-state index in [1.165, 1.54) is 30.8 Å². The van der Waals surface area contributed by atoms with Crippen LogP contribution in [0.2, 0.25) is 0 Å². The smallest absolute Gasteiger partial charge is 0.197 e. The molecule has 0 bridgehead atoms. The summed E-state index contributed by atoms with van der Waals surface area (Å²) in [6, 6.07) is 9.64. The minimum Gasteiger partial charge on any atom is -0.288 e. The SMILES string of the molecule is CSc1ccccc1C(=O)c1ccc(C)c(F)c1F. The maximum absolute atomic E-state index is 13.8. The zero-order valence-corrected chi connectivity index (χ0v) is 11.4. The third-order valence-corrected chi connectivity index (χ3v) is 3.67. The Morgan fingerprint density at radius 2 is 1.68 bits per heavy atom. The topological polar surface area (TPSA) is 17.1 Å². The number of halogens is 2. The molecule has 0 aromatic heterocycles. The summed E-state index contributed by atoms with van der Waals surface area (Å²) in [4.78, 5) is 13.0. The Bertz CT molecular complexity index is 638. The van der Waals surface area contributed by atoms with Crippen LogP contribution >= 0.6 is 11.8 Å². The monoisotopic (exact) mass is 278 g/mol. The van der Waals surface area contributed by atoms with Gasteiger partial charge in [0.2, 0.25) is 0 Å². The number of carbonyl (C=O) groups is 1. The Balaban J connectivity index is 2.54. The number of thioether (sulfide) groups is 1. The van der Waals surface area contributed by atoms with E-state index < -0.39 is 17.4 Å². The predicted octanol–water partition coefficient (Wildman–Crippen LogP) is 4.23.